The highest BCUT2D eigenvalue weighted by molar-refractivity contribution is 7.89. The first-order valence-corrected chi connectivity index (χ1v) is 11.4. The number of nitrogens with zero attached hydrogens (tertiary/aromatic N) is 2. The van der Waals surface area contributed by atoms with Crippen molar-refractivity contribution in [2.24, 2.45) is 0 Å². The van der Waals surface area contributed by atoms with Gasteiger partial charge in [-0.1, -0.05) is 13.8 Å². The van der Waals surface area contributed by atoms with Crippen LogP contribution in [0.2, 0.25) is 0 Å². The minimum Gasteiger partial charge on any atom is -0.491 e. The van der Waals surface area contributed by atoms with E-state index in [1.54, 1.807) is 50.2 Å². The van der Waals surface area contributed by atoms with Crippen molar-refractivity contribution < 1.29 is 17.9 Å². The van der Waals surface area contributed by atoms with Crippen LogP contribution in [-0.2, 0) is 10.0 Å². The van der Waals surface area contributed by atoms with E-state index in [9.17, 15) is 13.2 Å². The Balaban J connectivity index is 2.36. The van der Waals surface area contributed by atoms with Gasteiger partial charge in [-0.15, -0.1) is 0 Å². The second-order valence-corrected chi connectivity index (χ2v) is 9.25. The van der Waals surface area contributed by atoms with Gasteiger partial charge in [-0.25, -0.2) is 8.42 Å². The molecule has 30 heavy (non-hydrogen) atoms. The van der Waals surface area contributed by atoms with Crippen molar-refractivity contribution in [1.29, 1.82) is 0 Å². The number of hydrogen-bond donors (Lipinski definition) is 1. The lowest BCUT2D eigenvalue weighted by Crippen LogP contribution is -2.30. The summed E-state index contributed by atoms with van der Waals surface area (Å²) in [4.78, 5) is 14.8. The number of carbonyl (C=O) groups is 1. The number of ether oxygens (including phenoxy) is 1. The third kappa shape index (κ3) is 5.52. The van der Waals surface area contributed by atoms with Gasteiger partial charge in [0.15, 0.2) is 0 Å². The van der Waals surface area contributed by atoms with Gasteiger partial charge in [0.2, 0.25) is 10.0 Å². The lowest BCUT2D eigenvalue weighted by molar-refractivity contribution is 0.102. The second-order valence-electron chi connectivity index (χ2n) is 7.31. The van der Waals surface area contributed by atoms with Crippen molar-refractivity contribution in [1.82, 2.24) is 4.31 Å². The van der Waals surface area contributed by atoms with Crippen LogP contribution < -0.4 is 15.0 Å². The number of amides is 1. The molecule has 0 aliphatic rings. The molecule has 0 fully saturated rings. The average molecular weight is 434 g/mol. The molecule has 0 spiro atoms. The zero-order valence-corrected chi connectivity index (χ0v) is 19.3. The van der Waals surface area contributed by atoms with Crippen molar-refractivity contribution in [2.45, 2.75) is 38.7 Å². The Bertz CT molecular complexity index is 966. The fourth-order valence-corrected chi connectivity index (χ4v) is 4.51. The second kappa shape index (κ2) is 9.95. The van der Waals surface area contributed by atoms with Crippen LogP contribution in [0.3, 0.4) is 0 Å². The molecule has 164 valence electrons. The van der Waals surface area contributed by atoms with Crippen LogP contribution in [0.25, 0.3) is 0 Å². The molecule has 0 aliphatic heterocycles. The van der Waals surface area contributed by atoms with E-state index < -0.39 is 10.0 Å². The van der Waals surface area contributed by atoms with Gasteiger partial charge in [0.05, 0.1) is 22.4 Å². The molecule has 1 amide bonds. The topological polar surface area (TPSA) is 79.0 Å². The van der Waals surface area contributed by atoms with Crippen LogP contribution in [0, 0.1) is 0 Å². The van der Waals surface area contributed by atoms with E-state index in [1.807, 2.05) is 32.8 Å². The molecule has 0 unspecified atom stereocenters. The first-order valence-electron chi connectivity index (χ1n) is 9.99. The molecule has 1 N–H and O–H groups in total. The summed E-state index contributed by atoms with van der Waals surface area (Å²) in [5, 5.41) is 2.85. The van der Waals surface area contributed by atoms with E-state index in [1.165, 1.54) is 10.4 Å². The zero-order valence-electron chi connectivity index (χ0n) is 18.5. The summed E-state index contributed by atoms with van der Waals surface area (Å²) < 4.78 is 32.8. The summed E-state index contributed by atoms with van der Waals surface area (Å²) in [6.07, 6.45) is 0.0443. The largest absolute Gasteiger partial charge is 0.491 e. The van der Waals surface area contributed by atoms with E-state index in [-0.39, 0.29) is 16.9 Å². The highest BCUT2D eigenvalue weighted by Gasteiger charge is 2.23. The molecule has 0 heterocycles. The number of hydrogen-bond acceptors (Lipinski definition) is 5. The minimum absolute atomic E-state index is 0.0443. The van der Waals surface area contributed by atoms with Gasteiger partial charge in [0.1, 0.15) is 5.75 Å². The van der Waals surface area contributed by atoms with Gasteiger partial charge in [0.25, 0.3) is 5.91 Å². The van der Waals surface area contributed by atoms with Gasteiger partial charge >= 0.3 is 0 Å². The Morgan fingerprint density at radius 2 is 1.63 bits per heavy atom. The molecular formula is C22H31N3O4S. The standard InChI is InChI=1S/C22H31N3O4S/c1-7-25(8-2)30(27,28)19-13-14-21(24(5)6)20(15-19)23-22(26)17-9-11-18(12-10-17)29-16(3)4/h9-16H,7-8H2,1-6H3,(H,23,26). The molecule has 0 radical (unpaired) electrons. The average Bonchev–Trinajstić information content (AvgIpc) is 2.68. The number of carbonyl (C=O) groups excluding carboxylic acids is 1. The molecule has 0 aliphatic carbocycles. The Morgan fingerprint density at radius 1 is 1.03 bits per heavy atom. The molecule has 0 saturated heterocycles. The lowest BCUT2D eigenvalue weighted by atomic mass is 10.2. The van der Waals surface area contributed by atoms with Crippen molar-refractivity contribution in [2.75, 3.05) is 37.4 Å². The van der Waals surface area contributed by atoms with Gasteiger partial charge in [0, 0.05) is 32.7 Å². The maximum atomic E-state index is 12.9. The van der Waals surface area contributed by atoms with Crippen LogP contribution in [0.5, 0.6) is 5.75 Å². The number of rotatable bonds is 9. The SMILES string of the molecule is CCN(CC)S(=O)(=O)c1ccc(N(C)C)c(NC(=O)c2ccc(OC(C)C)cc2)c1. The summed E-state index contributed by atoms with van der Waals surface area (Å²) >= 11 is 0. The Labute approximate surface area is 179 Å². The van der Waals surface area contributed by atoms with Crippen LogP contribution >= 0.6 is 0 Å². The van der Waals surface area contributed by atoms with Crippen LogP contribution in [0.1, 0.15) is 38.1 Å². The van der Waals surface area contributed by atoms with Gasteiger partial charge in [-0.05, 0) is 56.3 Å². The number of sulfonamides is 1. The number of anilines is 2. The van der Waals surface area contributed by atoms with E-state index in [4.69, 9.17) is 4.74 Å². The molecule has 2 aromatic carbocycles. The summed E-state index contributed by atoms with van der Waals surface area (Å²) in [5.41, 5.74) is 1.59. The van der Waals surface area contributed by atoms with E-state index in [0.717, 1.165) is 0 Å². The smallest absolute Gasteiger partial charge is 0.255 e. The van der Waals surface area contributed by atoms with E-state index in [2.05, 4.69) is 5.32 Å². The maximum absolute atomic E-state index is 12.9. The van der Waals surface area contributed by atoms with Gasteiger partial charge < -0.3 is 15.0 Å². The van der Waals surface area contributed by atoms with Crippen LogP contribution in [0.15, 0.2) is 47.4 Å². The fourth-order valence-electron chi connectivity index (χ4n) is 3.03. The molecule has 7 nitrogen and oxygen atoms in total. The molecule has 0 aromatic heterocycles. The predicted molar refractivity (Wildman–Crippen MR) is 121 cm³/mol. The first-order chi connectivity index (χ1) is 14.1. The third-order valence-electron chi connectivity index (χ3n) is 4.53. The molecule has 0 saturated carbocycles. The summed E-state index contributed by atoms with van der Waals surface area (Å²) in [7, 11) is 0.0330. The maximum Gasteiger partial charge on any atom is 0.255 e. The Hall–Kier alpha value is -2.58. The molecule has 2 aromatic rings. The zero-order chi connectivity index (χ0) is 22.5. The normalized spacial score (nSPS) is 11.6. The van der Waals surface area contributed by atoms with E-state index in [0.29, 0.717) is 35.8 Å². The Morgan fingerprint density at radius 3 is 2.13 bits per heavy atom. The van der Waals surface area contributed by atoms with Gasteiger partial charge in [-0.3, -0.25) is 4.79 Å². The Kier molecular flexibility index (Phi) is 7.86. The highest BCUT2D eigenvalue weighted by Crippen LogP contribution is 2.29. The molecule has 8 heteroatoms. The van der Waals surface area contributed by atoms with E-state index >= 15 is 0 Å². The van der Waals surface area contributed by atoms with Crippen molar-refractivity contribution in [3.05, 3.63) is 48.0 Å². The summed E-state index contributed by atoms with van der Waals surface area (Å²) in [6, 6.07) is 11.6. The first kappa shape index (κ1) is 23.7. The number of nitrogens with one attached hydrogen (secondary N) is 1. The third-order valence-corrected chi connectivity index (χ3v) is 6.58. The highest BCUT2D eigenvalue weighted by atomic mass is 32.2. The predicted octanol–water partition coefficient (Wildman–Crippen LogP) is 3.82. The van der Waals surface area contributed by atoms with Crippen molar-refractivity contribution in [3.8, 4) is 5.75 Å². The monoisotopic (exact) mass is 433 g/mol. The van der Waals surface area contributed by atoms with Crippen LogP contribution in [0.4, 0.5) is 11.4 Å². The van der Waals surface area contributed by atoms with Crippen molar-refractivity contribution in [3.63, 3.8) is 0 Å². The lowest BCUT2D eigenvalue weighted by Gasteiger charge is -2.22. The molecule has 0 atom stereocenters. The number of benzene rings is 2. The van der Waals surface area contributed by atoms with Crippen molar-refractivity contribution >= 4 is 27.3 Å². The summed E-state index contributed by atoms with van der Waals surface area (Å²) in [6.45, 7) is 8.21. The molecular weight excluding hydrogens is 402 g/mol. The molecule has 0 bridgehead atoms. The quantitative estimate of drug-likeness (QED) is 0.650. The summed E-state index contributed by atoms with van der Waals surface area (Å²) in [5.74, 6) is 0.356. The van der Waals surface area contributed by atoms with Crippen LogP contribution in [-0.4, -0.2) is 51.9 Å². The van der Waals surface area contributed by atoms with Gasteiger partial charge in [-0.2, -0.15) is 4.31 Å². The molecule has 2 rings (SSSR count). The fraction of sp³-hybridized carbons (Fsp3) is 0.409. The minimum atomic E-state index is -3.64.